The molecule has 6 heteroatoms. The molecule has 6 nitrogen and oxygen atoms in total. The first-order valence-electron chi connectivity index (χ1n) is 5.62. The van der Waals surface area contributed by atoms with E-state index in [0.717, 1.165) is 0 Å². The van der Waals surface area contributed by atoms with Crippen LogP contribution < -0.4 is 5.73 Å². The number of hydrogen-bond acceptors (Lipinski definition) is 6. The molecule has 1 heterocycles. The maximum absolute atomic E-state index is 5.95. The summed E-state index contributed by atoms with van der Waals surface area (Å²) in [5.41, 5.74) is 5.64. The molecule has 0 aliphatic rings. The summed E-state index contributed by atoms with van der Waals surface area (Å²) in [6.45, 7) is 4.62. The molecular weight excluding hydrogens is 220 g/mol. The molecule has 0 aromatic carbocycles. The topological polar surface area (TPSA) is 77.4 Å². The number of rotatable bonds is 6. The van der Waals surface area contributed by atoms with Crippen molar-refractivity contribution in [2.75, 3.05) is 27.7 Å². The van der Waals surface area contributed by atoms with Crippen LogP contribution in [0.25, 0.3) is 0 Å². The number of likely N-dealkylation sites (N-methyl/N-ethyl adjacent to an activating group) is 1. The van der Waals surface area contributed by atoms with Crippen LogP contribution >= 0.6 is 0 Å². The summed E-state index contributed by atoms with van der Waals surface area (Å²) in [7, 11) is 5.57. The molecule has 0 saturated carbocycles. The van der Waals surface area contributed by atoms with E-state index < -0.39 is 0 Å². The minimum absolute atomic E-state index is 0.229. The van der Waals surface area contributed by atoms with Gasteiger partial charge in [-0.15, -0.1) is 0 Å². The second-order valence-electron chi connectivity index (χ2n) is 5.06. The van der Waals surface area contributed by atoms with Crippen LogP contribution in [-0.2, 0) is 11.2 Å². The summed E-state index contributed by atoms with van der Waals surface area (Å²) in [5, 5.41) is 3.89. The van der Waals surface area contributed by atoms with Crippen molar-refractivity contribution >= 4 is 0 Å². The van der Waals surface area contributed by atoms with Crippen LogP contribution in [0.1, 0.15) is 31.6 Å². The molecule has 0 bridgehead atoms. The van der Waals surface area contributed by atoms with Gasteiger partial charge in [-0.2, -0.15) is 4.98 Å². The Bertz CT molecular complexity index is 349. The lowest BCUT2D eigenvalue weighted by Crippen LogP contribution is -2.27. The molecule has 1 aromatic heterocycles. The number of hydrogen-bond donors (Lipinski definition) is 1. The van der Waals surface area contributed by atoms with E-state index in [1.807, 2.05) is 32.8 Å². The van der Waals surface area contributed by atoms with Gasteiger partial charge in [-0.25, -0.2) is 0 Å². The zero-order valence-corrected chi connectivity index (χ0v) is 11.2. The average Bonchev–Trinajstić information content (AvgIpc) is 2.64. The van der Waals surface area contributed by atoms with Gasteiger partial charge in [0.1, 0.15) is 0 Å². The van der Waals surface area contributed by atoms with Gasteiger partial charge in [-0.3, -0.25) is 0 Å². The molecule has 17 heavy (non-hydrogen) atoms. The van der Waals surface area contributed by atoms with Gasteiger partial charge in [0.05, 0.1) is 18.1 Å². The van der Waals surface area contributed by atoms with Gasteiger partial charge < -0.3 is 19.9 Å². The predicted molar refractivity (Wildman–Crippen MR) is 64.6 cm³/mol. The van der Waals surface area contributed by atoms with Crippen LogP contribution in [0, 0.1) is 0 Å². The van der Waals surface area contributed by atoms with Crippen LogP contribution in [0.15, 0.2) is 4.52 Å². The lowest BCUT2D eigenvalue weighted by molar-refractivity contribution is 0.0170. The molecule has 0 aliphatic carbocycles. The second kappa shape index (κ2) is 5.57. The molecule has 0 spiro atoms. The molecule has 1 atom stereocenters. The monoisotopic (exact) mass is 242 g/mol. The van der Waals surface area contributed by atoms with Gasteiger partial charge in [0.25, 0.3) is 0 Å². The fraction of sp³-hybridized carbons (Fsp3) is 0.818. The largest absolute Gasteiger partial charge is 0.378 e. The van der Waals surface area contributed by atoms with E-state index in [1.165, 1.54) is 0 Å². The van der Waals surface area contributed by atoms with Crippen molar-refractivity contribution in [2.45, 2.75) is 31.9 Å². The van der Waals surface area contributed by atoms with Crippen molar-refractivity contribution in [2.24, 2.45) is 5.73 Å². The number of nitrogens with zero attached hydrogens (tertiary/aromatic N) is 3. The highest BCUT2D eigenvalue weighted by Crippen LogP contribution is 2.16. The van der Waals surface area contributed by atoms with Crippen LogP contribution in [-0.4, -0.2) is 48.4 Å². The number of ether oxygens (including phenoxy) is 1. The minimum Gasteiger partial charge on any atom is -0.378 e. The predicted octanol–water partition coefficient (Wildman–Crippen LogP) is 0.599. The van der Waals surface area contributed by atoms with Gasteiger partial charge in [0.15, 0.2) is 5.82 Å². The van der Waals surface area contributed by atoms with E-state index in [9.17, 15) is 0 Å². The molecule has 98 valence electrons. The Labute approximate surface area is 102 Å². The lowest BCUT2D eigenvalue weighted by atomic mass is 10.1. The van der Waals surface area contributed by atoms with Crippen molar-refractivity contribution in [3.8, 4) is 0 Å². The molecule has 1 rings (SSSR count). The molecular formula is C11H22N4O2. The minimum atomic E-state index is -0.310. The van der Waals surface area contributed by atoms with Crippen molar-refractivity contribution in [3.05, 3.63) is 11.7 Å². The summed E-state index contributed by atoms with van der Waals surface area (Å²) in [6, 6.07) is -0.229. The molecule has 0 radical (unpaired) electrons. The van der Waals surface area contributed by atoms with Gasteiger partial charge in [-0.05, 0) is 27.9 Å². The third kappa shape index (κ3) is 4.41. The zero-order valence-electron chi connectivity index (χ0n) is 11.2. The van der Waals surface area contributed by atoms with E-state index >= 15 is 0 Å². The molecule has 1 aromatic rings. The van der Waals surface area contributed by atoms with Crippen molar-refractivity contribution < 1.29 is 9.26 Å². The Morgan fingerprint density at radius 3 is 2.65 bits per heavy atom. The first kappa shape index (κ1) is 14.1. The summed E-state index contributed by atoms with van der Waals surface area (Å²) < 4.78 is 10.5. The fourth-order valence-electron chi connectivity index (χ4n) is 1.40. The van der Waals surface area contributed by atoms with Crippen LogP contribution in [0.4, 0.5) is 0 Å². The quantitative estimate of drug-likeness (QED) is 0.787. The van der Waals surface area contributed by atoms with Crippen LogP contribution in [0.2, 0.25) is 0 Å². The summed E-state index contributed by atoms with van der Waals surface area (Å²) >= 11 is 0. The van der Waals surface area contributed by atoms with E-state index in [4.69, 9.17) is 15.0 Å². The van der Waals surface area contributed by atoms with E-state index in [1.54, 1.807) is 7.11 Å². The highest BCUT2D eigenvalue weighted by atomic mass is 16.5. The Morgan fingerprint density at radius 1 is 1.47 bits per heavy atom. The van der Waals surface area contributed by atoms with E-state index in [0.29, 0.717) is 24.7 Å². The van der Waals surface area contributed by atoms with Gasteiger partial charge >= 0.3 is 0 Å². The average molecular weight is 242 g/mol. The van der Waals surface area contributed by atoms with Gasteiger partial charge in [0.2, 0.25) is 5.89 Å². The molecule has 0 saturated heterocycles. The Kier molecular flexibility index (Phi) is 4.62. The van der Waals surface area contributed by atoms with E-state index in [-0.39, 0.29) is 11.6 Å². The zero-order chi connectivity index (χ0) is 13.1. The van der Waals surface area contributed by atoms with Gasteiger partial charge in [-0.1, -0.05) is 5.16 Å². The third-order valence-corrected chi connectivity index (χ3v) is 2.51. The molecule has 0 amide bonds. The Hall–Kier alpha value is -0.980. The smallest absolute Gasteiger partial charge is 0.229 e. The van der Waals surface area contributed by atoms with E-state index in [2.05, 4.69) is 10.1 Å². The molecule has 0 aliphatic heterocycles. The van der Waals surface area contributed by atoms with Crippen molar-refractivity contribution in [3.63, 3.8) is 0 Å². The van der Waals surface area contributed by atoms with Crippen molar-refractivity contribution in [1.82, 2.24) is 15.0 Å². The first-order chi connectivity index (χ1) is 7.84. The second-order valence-corrected chi connectivity index (χ2v) is 5.06. The first-order valence-corrected chi connectivity index (χ1v) is 5.62. The summed E-state index contributed by atoms with van der Waals surface area (Å²) in [6.07, 6.45) is 0.575. The van der Waals surface area contributed by atoms with Crippen LogP contribution in [0.3, 0.4) is 0 Å². The molecule has 0 fully saturated rings. The summed E-state index contributed by atoms with van der Waals surface area (Å²) in [4.78, 5) is 6.27. The number of nitrogens with two attached hydrogens (primary N) is 1. The number of aromatic nitrogens is 2. The molecule has 1 unspecified atom stereocenters. The van der Waals surface area contributed by atoms with Gasteiger partial charge in [0, 0.05) is 13.7 Å². The third-order valence-electron chi connectivity index (χ3n) is 2.51. The highest BCUT2D eigenvalue weighted by Gasteiger charge is 2.22. The lowest BCUT2D eigenvalue weighted by Gasteiger charge is -2.20. The molecule has 2 N–H and O–H groups in total. The van der Waals surface area contributed by atoms with Crippen molar-refractivity contribution in [1.29, 1.82) is 0 Å². The number of methoxy groups -OCH3 is 1. The highest BCUT2D eigenvalue weighted by molar-refractivity contribution is 4.96. The summed E-state index contributed by atoms with van der Waals surface area (Å²) in [5.74, 6) is 1.10. The maximum Gasteiger partial charge on any atom is 0.229 e. The Morgan fingerprint density at radius 2 is 2.12 bits per heavy atom. The standard InChI is InChI=1S/C11H22N4O2/c1-11(2,16-5)6-9-13-10(14-17-9)8(12)7-15(3)4/h8H,6-7,12H2,1-5H3. The van der Waals surface area contributed by atoms with Crippen LogP contribution in [0.5, 0.6) is 0 Å². The fourth-order valence-corrected chi connectivity index (χ4v) is 1.40. The normalized spacial score (nSPS) is 14.3. The SMILES string of the molecule is COC(C)(C)Cc1nc(C(N)CN(C)C)no1. The maximum atomic E-state index is 5.95. The Balaban J connectivity index is 2.65.